The van der Waals surface area contributed by atoms with E-state index in [1.807, 2.05) is 24.3 Å². The van der Waals surface area contributed by atoms with Gasteiger partial charge in [-0.25, -0.2) is 15.0 Å². The van der Waals surface area contributed by atoms with Crippen molar-refractivity contribution in [2.75, 3.05) is 4.90 Å². The fraction of sp³-hybridized carbons (Fsp3) is 0.0172. The maximum absolute atomic E-state index is 5.34. The minimum absolute atomic E-state index is 0.590. The summed E-state index contributed by atoms with van der Waals surface area (Å²) in [5.41, 5.74) is 17.7. The molecular weight excluding hydrogens is 753 g/mol. The van der Waals surface area contributed by atoms with Crippen molar-refractivity contribution in [1.29, 1.82) is 0 Å². The zero-order valence-corrected chi connectivity index (χ0v) is 33.7. The average Bonchev–Trinajstić information content (AvgIpc) is 3.66. The topological polar surface area (TPSA) is 41.9 Å². The van der Waals surface area contributed by atoms with Crippen LogP contribution < -0.4 is 4.90 Å². The first-order valence-corrected chi connectivity index (χ1v) is 21.1. The van der Waals surface area contributed by atoms with Gasteiger partial charge in [-0.15, -0.1) is 0 Å². The third-order valence-electron chi connectivity index (χ3n) is 12.6. The number of anilines is 3. The van der Waals surface area contributed by atoms with E-state index in [2.05, 4.69) is 211 Å². The van der Waals surface area contributed by atoms with E-state index >= 15 is 0 Å². The molecule has 12 rings (SSSR count). The number of hydrogen-bond donors (Lipinski definition) is 0. The summed E-state index contributed by atoms with van der Waals surface area (Å²) in [6.07, 6.45) is 0. The molecule has 10 aromatic rings. The van der Waals surface area contributed by atoms with Gasteiger partial charge in [0.15, 0.2) is 17.5 Å². The van der Waals surface area contributed by atoms with Gasteiger partial charge >= 0.3 is 0 Å². The van der Waals surface area contributed by atoms with Gasteiger partial charge in [-0.2, -0.15) is 0 Å². The van der Waals surface area contributed by atoms with Gasteiger partial charge < -0.3 is 4.90 Å². The van der Waals surface area contributed by atoms with Gasteiger partial charge in [0.25, 0.3) is 0 Å². The van der Waals surface area contributed by atoms with Gasteiger partial charge in [-0.3, -0.25) is 0 Å². The summed E-state index contributed by atoms with van der Waals surface area (Å²) in [7, 11) is 0. The van der Waals surface area contributed by atoms with E-state index in [0.29, 0.717) is 17.5 Å². The molecule has 0 fully saturated rings. The molecule has 0 bridgehead atoms. The van der Waals surface area contributed by atoms with E-state index in [0.717, 1.165) is 50.4 Å². The lowest BCUT2D eigenvalue weighted by molar-refractivity contribution is 0.752. The molecule has 0 radical (unpaired) electrons. The summed E-state index contributed by atoms with van der Waals surface area (Å²) in [6.45, 7) is 0. The molecule has 0 N–H and O–H groups in total. The first-order chi connectivity index (χ1) is 30.8. The lowest BCUT2D eigenvalue weighted by Gasteiger charge is -2.45. The second-order valence-electron chi connectivity index (χ2n) is 15.9. The number of fused-ring (bicyclic) bond motifs is 9. The zero-order chi connectivity index (χ0) is 41.0. The third-order valence-corrected chi connectivity index (χ3v) is 12.6. The van der Waals surface area contributed by atoms with Crippen LogP contribution in [0.4, 0.5) is 17.1 Å². The van der Waals surface area contributed by atoms with Crippen LogP contribution in [0.3, 0.4) is 0 Å². The van der Waals surface area contributed by atoms with E-state index < -0.39 is 5.41 Å². The molecule has 0 unspecified atom stereocenters. The smallest absolute Gasteiger partial charge is 0.164 e. The van der Waals surface area contributed by atoms with E-state index in [1.165, 1.54) is 38.9 Å². The molecule has 4 heteroatoms. The monoisotopic (exact) mass is 790 g/mol. The van der Waals surface area contributed by atoms with Gasteiger partial charge in [0.1, 0.15) is 0 Å². The van der Waals surface area contributed by atoms with Crippen molar-refractivity contribution in [3.8, 4) is 67.5 Å². The second kappa shape index (κ2) is 14.5. The summed E-state index contributed by atoms with van der Waals surface area (Å²) in [5.74, 6) is 1.91. The molecule has 0 saturated heterocycles. The number of hydrogen-bond acceptors (Lipinski definition) is 4. The molecular formula is C58H38N4. The predicted octanol–water partition coefficient (Wildman–Crippen LogP) is 14.4. The Morgan fingerprint density at radius 2 is 0.661 bits per heavy atom. The van der Waals surface area contributed by atoms with Crippen molar-refractivity contribution in [2.24, 2.45) is 0 Å². The quantitative estimate of drug-likeness (QED) is 0.168. The van der Waals surface area contributed by atoms with Crippen LogP contribution in [0.25, 0.3) is 67.5 Å². The van der Waals surface area contributed by atoms with Crippen molar-refractivity contribution in [2.45, 2.75) is 5.41 Å². The van der Waals surface area contributed by atoms with Gasteiger partial charge in [0.05, 0.1) is 16.8 Å². The average molecular weight is 791 g/mol. The van der Waals surface area contributed by atoms with Crippen LogP contribution in [-0.2, 0) is 5.41 Å². The Hall–Kier alpha value is -8.21. The Kier molecular flexibility index (Phi) is 8.36. The van der Waals surface area contributed by atoms with E-state index in [-0.39, 0.29) is 0 Å². The third kappa shape index (κ3) is 5.58. The van der Waals surface area contributed by atoms with E-state index in [4.69, 9.17) is 15.0 Å². The molecule has 9 aromatic carbocycles. The molecule has 1 aliphatic heterocycles. The Bertz CT molecular complexity index is 3220. The minimum atomic E-state index is -0.590. The molecule has 1 aromatic heterocycles. The molecule has 62 heavy (non-hydrogen) atoms. The maximum Gasteiger partial charge on any atom is 0.164 e. The molecule has 290 valence electrons. The summed E-state index contributed by atoms with van der Waals surface area (Å²) >= 11 is 0. The molecule has 0 atom stereocenters. The second-order valence-corrected chi connectivity index (χ2v) is 15.9. The highest BCUT2D eigenvalue weighted by Crippen LogP contribution is 2.64. The normalized spacial score (nSPS) is 12.9. The van der Waals surface area contributed by atoms with Crippen LogP contribution in [0.5, 0.6) is 0 Å². The lowest BCUT2D eigenvalue weighted by atomic mass is 9.64. The summed E-state index contributed by atoms with van der Waals surface area (Å²) in [5, 5.41) is 0. The van der Waals surface area contributed by atoms with Crippen molar-refractivity contribution in [3.05, 3.63) is 253 Å². The highest BCUT2D eigenvalue weighted by Gasteiger charge is 2.52. The number of nitrogens with zero attached hydrogens (tertiary/aromatic N) is 4. The number of aromatic nitrogens is 3. The van der Waals surface area contributed by atoms with Crippen LogP contribution in [-0.4, -0.2) is 15.0 Å². The van der Waals surface area contributed by atoms with Gasteiger partial charge in [-0.1, -0.05) is 206 Å². The summed E-state index contributed by atoms with van der Waals surface area (Å²) in [6, 6.07) is 82.2. The zero-order valence-electron chi connectivity index (χ0n) is 33.7. The highest BCUT2D eigenvalue weighted by atomic mass is 15.2. The van der Waals surface area contributed by atoms with Gasteiger partial charge in [0, 0.05) is 22.4 Å². The Morgan fingerprint density at radius 1 is 0.274 bits per heavy atom. The maximum atomic E-state index is 5.34. The van der Waals surface area contributed by atoms with Gasteiger partial charge in [0.2, 0.25) is 0 Å². The van der Waals surface area contributed by atoms with Crippen molar-refractivity contribution < 1.29 is 0 Å². The molecule has 1 spiro atoms. The van der Waals surface area contributed by atoms with Crippen LogP contribution in [0, 0.1) is 0 Å². The molecule has 2 aliphatic rings. The number of para-hydroxylation sites is 3. The molecule has 0 saturated carbocycles. The standard InChI is InChI=1S/C58H38N4/c1-4-17-39(18-5-1)40-31-33-41(34-32-40)42-35-37-44(38-36-42)56-59-55(43-19-6-2-7-20-43)60-57(61-56)47-24-16-28-51-54(47)46-23-10-11-25-48(46)58(51)49-26-12-14-29-52(49)62(45-21-8-3-9-22-45)53-30-15-13-27-50(53)58/h1-38H. The fourth-order valence-corrected chi connectivity index (χ4v) is 9.84. The number of rotatable bonds is 6. The lowest BCUT2D eigenvalue weighted by Crippen LogP contribution is -2.36. The molecule has 0 amide bonds. The largest absolute Gasteiger partial charge is 0.310 e. The van der Waals surface area contributed by atoms with Crippen molar-refractivity contribution in [3.63, 3.8) is 0 Å². The summed E-state index contributed by atoms with van der Waals surface area (Å²) in [4.78, 5) is 18.2. The molecule has 4 nitrogen and oxygen atoms in total. The number of benzene rings is 9. The van der Waals surface area contributed by atoms with Gasteiger partial charge in [-0.05, 0) is 79.9 Å². The van der Waals surface area contributed by atoms with E-state index in [1.54, 1.807) is 0 Å². The van der Waals surface area contributed by atoms with Crippen LogP contribution >= 0.6 is 0 Å². The van der Waals surface area contributed by atoms with Crippen molar-refractivity contribution in [1.82, 2.24) is 15.0 Å². The minimum Gasteiger partial charge on any atom is -0.310 e. The van der Waals surface area contributed by atoms with Crippen LogP contribution in [0.2, 0.25) is 0 Å². The molecule has 2 heterocycles. The van der Waals surface area contributed by atoms with Crippen LogP contribution in [0.15, 0.2) is 231 Å². The molecule has 1 aliphatic carbocycles. The Balaban J connectivity index is 1.03. The Labute approximate surface area is 361 Å². The van der Waals surface area contributed by atoms with E-state index in [9.17, 15) is 0 Å². The summed E-state index contributed by atoms with van der Waals surface area (Å²) < 4.78 is 0. The van der Waals surface area contributed by atoms with Crippen molar-refractivity contribution >= 4 is 17.1 Å². The first-order valence-electron chi connectivity index (χ1n) is 21.1. The highest BCUT2D eigenvalue weighted by molar-refractivity contribution is 5.99. The van der Waals surface area contributed by atoms with Crippen LogP contribution in [0.1, 0.15) is 22.3 Å². The predicted molar refractivity (Wildman–Crippen MR) is 253 cm³/mol. The first kappa shape index (κ1) is 35.7. The Morgan fingerprint density at radius 3 is 1.24 bits per heavy atom. The fourth-order valence-electron chi connectivity index (χ4n) is 9.84. The SMILES string of the molecule is c1ccc(-c2ccc(-c3ccc(-c4nc(-c5ccccc5)nc(-c5cccc6c5-c5ccccc5C65c6ccccc6N(c6ccccc6)c6ccccc65)n4)cc3)cc2)cc1.